The van der Waals surface area contributed by atoms with Crippen molar-refractivity contribution < 1.29 is 9.18 Å². The van der Waals surface area contributed by atoms with E-state index in [2.05, 4.69) is 10.3 Å². The highest BCUT2D eigenvalue weighted by molar-refractivity contribution is 6.28. The molecule has 0 spiro atoms. The van der Waals surface area contributed by atoms with Gasteiger partial charge in [0.05, 0.1) is 0 Å². The lowest BCUT2D eigenvalue weighted by Gasteiger charge is -2.06. The number of carbonyl (C=O) groups is 1. The van der Waals surface area contributed by atoms with Crippen molar-refractivity contribution >= 4 is 17.5 Å². The molecule has 0 saturated heterocycles. The summed E-state index contributed by atoms with van der Waals surface area (Å²) in [6.07, 6.45) is 3.83. The van der Waals surface area contributed by atoms with Crippen molar-refractivity contribution in [1.29, 1.82) is 0 Å². The van der Waals surface area contributed by atoms with Gasteiger partial charge < -0.3 is 9.88 Å². The fourth-order valence-corrected chi connectivity index (χ4v) is 1.81. The van der Waals surface area contributed by atoms with E-state index in [-0.39, 0.29) is 23.6 Å². The number of carbonyl (C=O) groups excluding carboxylic acids is 1. The Morgan fingerprint density at radius 3 is 2.74 bits per heavy atom. The topological polar surface area (TPSA) is 46.9 Å². The van der Waals surface area contributed by atoms with Crippen molar-refractivity contribution in [1.82, 2.24) is 14.9 Å². The summed E-state index contributed by atoms with van der Waals surface area (Å²) in [6.45, 7) is 0.638. The van der Waals surface area contributed by atoms with Crippen molar-refractivity contribution in [2.75, 3.05) is 6.54 Å². The molecule has 1 N–H and O–H groups in total. The number of nitrogens with zero attached hydrogens (tertiary/aromatic N) is 2. The number of aromatic nitrogens is 2. The summed E-state index contributed by atoms with van der Waals surface area (Å²) in [5.74, 6) is -0.399. The summed E-state index contributed by atoms with van der Waals surface area (Å²) in [5.41, 5.74) is 0.974. The third-order valence-electron chi connectivity index (χ3n) is 2.63. The highest BCUT2D eigenvalue weighted by atomic mass is 35.5. The summed E-state index contributed by atoms with van der Waals surface area (Å²) >= 11 is 5.76. The first-order chi connectivity index (χ1) is 9.15. The van der Waals surface area contributed by atoms with Gasteiger partial charge in [-0.15, -0.1) is 0 Å². The second-order valence-corrected chi connectivity index (χ2v) is 4.39. The molecule has 0 fully saturated rings. The average molecular weight is 282 g/mol. The van der Waals surface area contributed by atoms with E-state index in [1.165, 1.54) is 18.3 Å². The number of halogens is 2. The predicted molar refractivity (Wildman–Crippen MR) is 70.4 cm³/mol. The van der Waals surface area contributed by atoms with Crippen LogP contribution in [0.3, 0.4) is 0 Å². The SMILES string of the molecule is O=C(Cn1ccnc1Cl)NCCc1ccc(F)cc1. The van der Waals surface area contributed by atoms with Crippen LogP contribution < -0.4 is 5.32 Å². The summed E-state index contributed by atoms with van der Waals surface area (Å²) in [6, 6.07) is 6.22. The number of imidazole rings is 1. The van der Waals surface area contributed by atoms with E-state index >= 15 is 0 Å². The van der Waals surface area contributed by atoms with Crippen molar-refractivity contribution in [2.24, 2.45) is 0 Å². The Kier molecular flexibility index (Phi) is 4.52. The van der Waals surface area contributed by atoms with Crippen molar-refractivity contribution in [3.63, 3.8) is 0 Å². The average Bonchev–Trinajstić information content (AvgIpc) is 2.78. The fourth-order valence-electron chi connectivity index (χ4n) is 1.64. The smallest absolute Gasteiger partial charge is 0.240 e. The Balaban J connectivity index is 1.75. The van der Waals surface area contributed by atoms with Gasteiger partial charge in [-0.05, 0) is 35.7 Å². The van der Waals surface area contributed by atoms with Crippen LogP contribution in [-0.4, -0.2) is 22.0 Å². The molecule has 4 nitrogen and oxygen atoms in total. The molecule has 0 radical (unpaired) electrons. The van der Waals surface area contributed by atoms with Gasteiger partial charge in [-0.25, -0.2) is 9.37 Å². The number of amides is 1. The lowest BCUT2D eigenvalue weighted by Crippen LogP contribution is -2.29. The van der Waals surface area contributed by atoms with E-state index in [9.17, 15) is 9.18 Å². The van der Waals surface area contributed by atoms with E-state index in [4.69, 9.17) is 11.6 Å². The molecule has 1 aromatic carbocycles. The number of hydrogen-bond acceptors (Lipinski definition) is 2. The normalized spacial score (nSPS) is 10.4. The molecule has 0 aliphatic rings. The predicted octanol–water partition coefficient (Wildman–Crippen LogP) is 2.03. The van der Waals surface area contributed by atoms with Crippen molar-refractivity contribution in [2.45, 2.75) is 13.0 Å². The van der Waals surface area contributed by atoms with Crippen molar-refractivity contribution in [3.05, 3.63) is 53.3 Å². The molecule has 6 heteroatoms. The van der Waals surface area contributed by atoms with Gasteiger partial charge in [-0.3, -0.25) is 4.79 Å². The van der Waals surface area contributed by atoms with E-state index in [0.29, 0.717) is 13.0 Å². The van der Waals surface area contributed by atoms with Crippen molar-refractivity contribution in [3.8, 4) is 0 Å². The van der Waals surface area contributed by atoms with E-state index in [0.717, 1.165) is 5.56 Å². The van der Waals surface area contributed by atoms with Gasteiger partial charge in [0, 0.05) is 18.9 Å². The highest BCUT2D eigenvalue weighted by Crippen LogP contribution is 2.04. The zero-order chi connectivity index (χ0) is 13.7. The first-order valence-corrected chi connectivity index (χ1v) is 6.21. The molecular formula is C13H13ClFN3O. The van der Waals surface area contributed by atoms with Gasteiger partial charge in [0.15, 0.2) is 0 Å². The minimum absolute atomic E-state index is 0.137. The van der Waals surface area contributed by atoms with E-state index in [1.54, 1.807) is 22.9 Å². The molecule has 1 amide bonds. The number of nitrogens with one attached hydrogen (secondary N) is 1. The molecule has 2 aromatic rings. The van der Waals surface area contributed by atoms with Crippen LogP contribution in [0.4, 0.5) is 4.39 Å². The monoisotopic (exact) mass is 281 g/mol. The number of rotatable bonds is 5. The van der Waals surface area contributed by atoms with Gasteiger partial charge in [-0.1, -0.05) is 12.1 Å². The van der Waals surface area contributed by atoms with Gasteiger partial charge >= 0.3 is 0 Å². The van der Waals surface area contributed by atoms with E-state index in [1.807, 2.05) is 0 Å². The second kappa shape index (κ2) is 6.33. The molecule has 0 bridgehead atoms. The third kappa shape index (κ3) is 4.06. The zero-order valence-corrected chi connectivity index (χ0v) is 10.9. The lowest BCUT2D eigenvalue weighted by atomic mass is 10.1. The maximum absolute atomic E-state index is 12.7. The minimum Gasteiger partial charge on any atom is -0.354 e. The van der Waals surface area contributed by atoms with E-state index < -0.39 is 0 Å². The zero-order valence-electron chi connectivity index (χ0n) is 10.1. The summed E-state index contributed by atoms with van der Waals surface area (Å²) < 4.78 is 14.2. The van der Waals surface area contributed by atoms with Crippen LogP contribution in [0.5, 0.6) is 0 Å². The van der Waals surface area contributed by atoms with Crippen LogP contribution in [0.25, 0.3) is 0 Å². The number of benzene rings is 1. The summed E-state index contributed by atoms with van der Waals surface area (Å²) in [5, 5.41) is 3.06. The number of hydrogen-bond donors (Lipinski definition) is 1. The Morgan fingerprint density at radius 2 is 2.11 bits per heavy atom. The summed E-state index contributed by atoms with van der Waals surface area (Å²) in [7, 11) is 0. The molecule has 0 aliphatic carbocycles. The molecule has 0 saturated carbocycles. The third-order valence-corrected chi connectivity index (χ3v) is 2.94. The standard InChI is InChI=1S/C13H13ClFN3O/c14-13-17-7-8-18(13)9-12(19)16-6-5-10-1-3-11(15)4-2-10/h1-4,7-8H,5-6,9H2,(H,16,19). The van der Waals surface area contributed by atoms with Crippen LogP contribution in [0.15, 0.2) is 36.7 Å². The molecule has 0 atom stereocenters. The van der Waals surface area contributed by atoms with Crippen LogP contribution in [0.1, 0.15) is 5.56 Å². The van der Waals surface area contributed by atoms with Gasteiger partial charge in [0.2, 0.25) is 11.2 Å². The maximum Gasteiger partial charge on any atom is 0.240 e. The lowest BCUT2D eigenvalue weighted by molar-refractivity contribution is -0.121. The Morgan fingerprint density at radius 1 is 1.37 bits per heavy atom. The van der Waals surface area contributed by atoms with Crippen LogP contribution >= 0.6 is 11.6 Å². The maximum atomic E-state index is 12.7. The molecule has 1 heterocycles. The molecule has 19 heavy (non-hydrogen) atoms. The van der Waals surface area contributed by atoms with Crippen LogP contribution in [-0.2, 0) is 17.8 Å². The Hall–Kier alpha value is -1.88. The largest absolute Gasteiger partial charge is 0.354 e. The minimum atomic E-state index is -0.262. The quantitative estimate of drug-likeness (QED) is 0.912. The molecule has 100 valence electrons. The molecule has 0 unspecified atom stereocenters. The Bertz CT molecular complexity index is 553. The molecule has 0 aliphatic heterocycles. The van der Waals surface area contributed by atoms with Crippen LogP contribution in [0, 0.1) is 5.82 Å². The molecule has 1 aromatic heterocycles. The Labute approximate surface area is 115 Å². The van der Waals surface area contributed by atoms with Gasteiger partial charge in [0.1, 0.15) is 12.4 Å². The fraction of sp³-hybridized carbons (Fsp3) is 0.231. The van der Waals surface area contributed by atoms with Gasteiger partial charge in [0.25, 0.3) is 0 Å². The summed E-state index contributed by atoms with van der Waals surface area (Å²) in [4.78, 5) is 15.4. The first kappa shape index (κ1) is 13.5. The van der Waals surface area contributed by atoms with Crippen LogP contribution in [0.2, 0.25) is 5.28 Å². The second-order valence-electron chi connectivity index (χ2n) is 4.05. The molecular weight excluding hydrogens is 269 g/mol. The highest BCUT2D eigenvalue weighted by Gasteiger charge is 2.05. The van der Waals surface area contributed by atoms with Gasteiger partial charge in [-0.2, -0.15) is 0 Å². The first-order valence-electron chi connectivity index (χ1n) is 5.83. The molecule has 2 rings (SSSR count).